The number of hydrogen-bond donors (Lipinski definition) is 1. The van der Waals surface area contributed by atoms with Crippen molar-refractivity contribution in [2.75, 3.05) is 6.54 Å². The molecule has 0 heterocycles. The van der Waals surface area contributed by atoms with Crippen LogP contribution in [0, 0.1) is 3.57 Å². The molecular formula is C15H16INO. The minimum Gasteiger partial charge on any atom is -0.457 e. The lowest BCUT2D eigenvalue weighted by molar-refractivity contribution is 0.473. The molecule has 0 radical (unpaired) electrons. The van der Waals surface area contributed by atoms with E-state index >= 15 is 0 Å². The molecule has 1 N–H and O–H groups in total. The van der Waals surface area contributed by atoms with Crippen LogP contribution in [0.1, 0.15) is 12.5 Å². The Morgan fingerprint density at radius 2 is 1.94 bits per heavy atom. The van der Waals surface area contributed by atoms with Crippen LogP contribution in [0.25, 0.3) is 0 Å². The quantitative estimate of drug-likeness (QED) is 0.814. The van der Waals surface area contributed by atoms with Gasteiger partial charge in [0, 0.05) is 15.7 Å². The van der Waals surface area contributed by atoms with Crippen LogP contribution in [0.4, 0.5) is 0 Å². The summed E-state index contributed by atoms with van der Waals surface area (Å²) in [6.07, 6.45) is 0. The van der Waals surface area contributed by atoms with Crippen LogP contribution >= 0.6 is 22.6 Å². The Kier molecular flexibility index (Phi) is 5.01. The highest BCUT2D eigenvalue weighted by Crippen LogP contribution is 2.26. The average molecular weight is 353 g/mol. The van der Waals surface area contributed by atoms with E-state index in [0.29, 0.717) is 0 Å². The van der Waals surface area contributed by atoms with Crippen LogP contribution in [0.15, 0.2) is 48.5 Å². The average Bonchev–Trinajstić information content (AvgIpc) is 2.38. The van der Waals surface area contributed by atoms with Crippen molar-refractivity contribution >= 4 is 22.6 Å². The van der Waals surface area contributed by atoms with Gasteiger partial charge in [-0.15, -0.1) is 0 Å². The van der Waals surface area contributed by atoms with Gasteiger partial charge in [0.2, 0.25) is 0 Å². The van der Waals surface area contributed by atoms with E-state index in [1.165, 1.54) is 9.13 Å². The molecule has 0 saturated carbocycles. The summed E-state index contributed by atoms with van der Waals surface area (Å²) in [5.74, 6) is 1.80. The van der Waals surface area contributed by atoms with Crippen molar-refractivity contribution in [3.63, 3.8) is 0 Å². The Hall–Kier alpha value is -1.07. The zero-order valence-corrected chi connectivity index (χ0v) is 12.5. The molecule has 0 aliphatic heterocycles. The van der Waals surface area contributed by atoms with Crippen molar-refractivity contribution in [3.8, 4) is 11.5 Å². The van der Waals surface area contributed by atoms with Gasteiger partial charge in [-0.05, 0) is 53.4 Å². The number of rotatable bonds is 5. The summed E-state index contributed by atoms with van der Waals surface area (Å²) in [7, 11) is 0. The monoisotopic (exact) mass is 353 g/mol. The van der Waals surface area contributed by atoms with Gasteiger partial charge < -0.3 is 10.1 Å². The summed E-state index contributed by atoms with van der Waals surface area (Å²) in [6, 6.07) is 16.2. The van der Waals surface area contributed by atoms with E-state index in [4.69, 9.17) is 4.74 Å². The topological polar surface area (TPSA) is 21.3 Å². The Morgan fingerprint density at radius 3 is 2.72 bits per heavy atom. The highest BCUT2D eigenvalue weighted by atomic mass is 127. The molecule has 0 saturated heterocycles. The largest absolute Gasteiger partial charge is 0.457 e. The summed E-state index contributed by atoms with van der Waals surface area (Å²) < 4.78 is 7.12. The van der Waals surface area contributed by atoms with Crippen LogP contribution in [0.5, 0.6) is 11.5 Å². The fraction of sp³-hybridized carbons (Fsp3) is 0.200. The molecule has 2 aromatic carbocycles. The lowest BCUT2D eigenvalue weighted by Gasteiger charge is -2.11. The molecule has 0 atom stereocenters. The summed E-state index contributed by atoms with van der Waals surface area (Å²) >= 11 is 2.29. The van der Waals surface area contributed by atoms with Crippen LogP contribution in [-0.4, -0.2) is 6.54 Å². The molecule has 0 aromatic heterocycles. The zero-order valence-electron chi connectivity index (χ0n) is 10.3. The summed E-state index contributed by atoms with van der Waals surface area (Å²) in [4.78, 5) is 0. The lowest BCUT2D eigenvalue weighted by Crippen LogP contribution is -2.12. The molecule has 0 spiro atoms. The second-order valence-electron chi connectivity index (χ2n) is 3.95. The van der Waals surface area contributed by atoms with Gasteiger partial charge in [0.1, 0.15) is 11.5 Å². The van der Waals surface area contributed by atoms with Gasteiger partial charge in [-0.2, -0.15) is 0 Å². The fourth-order valence-corrected chi connectivity index (χ4v) is 2.18. The molecule has 2 nitrogen and oxygen atoms in total. The van der Waals surface area contributed by atoms with Crippen LogP contribution in [-0.2, 0) is 6.54 Å². The second kappa shape index (κ2) is 6.75. The number of para-hydroxylation sites is 1. The Balaban J connectivity index is 2.17. The maximum Gasteiger partial charge on any atom is 0.131 e. The first-order valence-corrected chi connectivity index (χ1v) is 7.09. The third-order valence-electron chi connectivity index (χ3n) is 2.56. The third kappa shape index (κ3) is 3.71. The van der Waals surface area contributed by atoms with E-state index in [1.807, 2.05) is 36.4 Å². The van der Waals surface area contributed by atoms with Gasteiger partial charge in [0.05, 0.1) is 0 Å². The SMILES string of the molecule is CCNCc1ccccc1Oc1cccc(I)c1. The molecule has 0 fully saturated rings. The Labute approximate surface area is 122 Å². The van der Waals surface area contributed by atoms with E-state index in [0.717, 1.165) is 24.6 Å². The van der Waals surface area contributed by atoms with Crippen molar-refractivity contribution in [1.82, 2.24) is 5.32 Å². The number of benzene rings is 2. The molecule has 0 unspecified atom stereocenters. The smallest absolute Gasteiger partial charge is 0.131 e. The van der Waals surface area contributed by atoms with Crippen molar-refractivity contribution in [3.05, 3.63) is 57.7 Å². The first-order chi connectivity index (χ1) is 8.79. The first kappa shape index (κ1) is 13.4. The number of ether oxygens (including phenoxy) is 1. The second-order valence-corrected chi connectivity index (χ2v) is 5.19. The minimum atomic E-state index is 0.830. The lowest BCUT2D eigenvalue weighted by atomic mass is 10.2. The Bertz CT molecular complexity index is 513. The van der Waals surface area contributed by atoms with E-state index in [2.05, 4.69) is 47.0 Å². The summed E-state index contributed by atoms with van der Waals surface area (Å²) in [6.45, 7) is 3.89. The predicted octanol–water partition coefficient (Wildman–Crippen LogP) is 4.19. The van der Waals surface area contributed by atoms with Crippen LogP contribution < -0.4 is 10.1 Å². The fourth-order valence-electron chi connectivity index (χ4n) is 1.67. The molecule has 0 bridgehead atoms. The van der Waals surface area contributed by atoms with Crippen molar-refractivity contribution < 1.29 is 4.74 Å². The minimum absolute atomic E-state index is 0.830. The van der Waals surface area contributed by atoms with Gasteiger partial charge in [-0.25, -0.2) is 0 Å². The van der Waals surface area contributed by atoms with E-state index in [1.54, 1.807) is 0 Å². The van der Waals surface area contributed by atoms with Crippen molar-refractivity contribution in [2.24, 2.45) is 0 Å². The van der Waals surface area contributed by atoms with Gasteiger partial charge in [0.25, 0.3) is 0 Å². The van der Waals surface area contributed by atoms with Crippen molar-refractivity contribution in [2.45, 2.75) is 13.5 Å². The maximum atomic E-state index is 5.94. The summed E-state index contributed by atoms with van der Waals surface area (Å²) in [5.41, 5.74) is 1.18. The third-order valence-corrected chi connectivity index (χ3v) is 3.23. The normalized spacial score (nSPS) is 10.3. The van der Waals surface area contributed by atoms with Crippen molar-refractivity contribution in [1.29, 1.82) is 0 Å². The molecule has 2 aromatic rings. The highest BCUT2D eigenvalue weighted by molar-refractivity contribution is 14.1. The summed E-state index contributed by atoms with van der Waals surface area (Å²) in [5, 5.41) is 3.32. The molecule has 2 rings (SSSR count). The number of halogens is 1. The number of nitrogens with one attached hydrogen (secondary N) is 1. The maximum absolute atomic E-state index is 5.94. The molecule has 18 heavy (non-hydrogen) atoms. The van der Waals surface area contributed by atoms with E-state index < -0.39 is 0 Å². The highest BCUT2D eigenvalue weighted by Gasteiger charge is 2.03. The van der Waals surface area contributed by atoms with Gasteiger partial charge >= 0.3 is 0 Å². The standard InChI is InChI=1S/C15H16INO/c1-2-17-11-12-6-3-4-9-15(12)18-14-8-5-7-13(16)10-14/h3-10,17H,2,11H2,1H3. The zero-order chi connectivity index (χ0) is 12.8. The van der Waals surface area contributed by atoms with Crippen LogP contribution in [0.3, 0.4) is 0 Å². The Morgan fingerprint density at radius 1 is 1.11 bits per heavy atom. The van der Waals surface area contributed by atoms with Crippen LogP contribution in [0.2, 0.25) is 0 Å². The molecule has 3 heteroatoms. The number of hydrogen-bond acceptors (Lipinski definition) is 2. The van der Waals surface area contributed by atoms with E-state index in [9.17, 15) is 0 Å². The van der Waals surface area contributed by atoms with Gasteiger partial charge in [-0.1, -0.05) is 31.2 Å². The molecule has 94 valence electrons. The first-order valence-electron chi connectivity index (χ1n) is 6.01. The van der Waals surface area contributed by atoms with Gasteiger partial charge in [-0.3, -0.25) is 0 Å². The molecular weight excluding hydrogens is 337 g/mol. The van der Waals surface area contributed by atoms with E-state index in [-0.39, 0.29) is 0 Å². The molecule has 0 amide bonds. The molecule has 0 aliphatic rings. The van der Waals surface area contributed by atoms with Gasteiger partial charge in [0.15, 0.2) is 0 Å². The molecule has 0 aliphatic carbocycles. The predicted molar refractivity (Wildman–Crippen MR) is 83.1 cm³/mol.